The van der Waals surface area contributed by atoms with Crippen molar-refractivity contribution in [1.82, 2.24) is 4.98 Å². The van der Waals surface area contributed by atoms with Gasteiger partial charge in [0.1, 0.15) is 17.3 Å². The molecule has 0 unspecified atom stereocenters. The van der Waals surface area contributed by atoms with Crippen molar-refractivity contribution in [2.75, 3.05) is 0 Å². The van der Waals surface area contributed by atoms with Gasteiger partial charge in [0.05, 0.1) is 0 Å². The molecule has 2 N–H and O–H groups in total. The first-order chi connectivity index (χ1) is 6.60. The van der Waals surface area contributed by atoms with Crippen LogP contribution in [-0.4, -0.2) is 4.98 Å². The third kappa shape index (κ3) is 1.83. The van der Waals surface area contributed by atoms with Crippen molar-refractivity contribution in [1.29, 1.82) is 5.26 Å². The molecular weight excluding hydrogens is 195 g/mol. The molecule has 0 fully saturated rings. The van der Waals surface area contributed by atoms with Crippen molar-refractivity contribution in [2.45, 2.75) is 13.0 Å². The standard InChI is InChI=1S/C8H6F3N3/c9-7(10)6-4(2-12)1-5(3-13)8(11)14-6/h1,7H,2,12H2. The predicted octanol–water partition coefficient (Wildman–Crippen LogP) is 1.49. The lowest BCUT2D eigenvalue weighted by Crippen LogP contribution is -2.07. The Morgan fingerprint density at radius 3 is 2.64 bits per heavy atom. The zero-order valence-electron chi connectivity index (χ0n) is 6.97. The quantitative estimate of drug-likeness (QED) is 0.737. The van der Waals surface area contributed by atoms with Crippen LogP contribution >= 0.6 is 0 Å². The summed E-state index contributed by atoms with van der Waals surface area (Å²) in [7, 11) is 0. The third-order valence-corrected chi connectivity index (χ3v) is 1.64. The lowest BCUT2D eigenvalue weighted by molar-refractivity contribution is 0.143. The summed E-state index contributed by atoms with van der Waals surface area (Å²) in [5.74, 6) is -1.19. The second-order valence-electron chi connectivity index (χ2n) is 2.49. The number of nitriles is 1. The van der Waals surface area contributed by atoms with Gasteiger partial charge in [0.25, 0.3) is 6.43 Å². The second kappa shape index (κ2) is 4.07. The molecule has 3 nitrogen and oxygen atoms in total. The van der Waals surface area contributed by atoms with Crippen LogP contribution in [0.15, 0.2) is 6.07 Å². The number of hydrogen-bond donors (Lipinski definition) is 1. The highest BCUT2D eigenvalue weighted by Gasteiger charge is 2.17. The first-order valence-electron chi connectivity index (χ1n) is 3.67. The van der Waals surface area contributed by atoms with Gasteiger partial charge in [-0.15, -0.1) is 0 Å². The number of halogens is 3. The topological polar surface area (TPSA) is 62.7 Å². The van der Waals surface area contributed by atoms with E-state index in [1.165, 1.54) is 6.07 Å². The SMILES string of the molecule is N#Cc1cc(CN)c(C(F)F)nc1F. The van der Waals surface area contributed by atoms with E-state index in [9.17, 15) is 13.2 Å². The summed E-state index contributed by atoms with van der Waals surface area (Å²) < 4.78 is 37.3. The van der Waals surface area contributed by atoms with E-state index in [1.807, 2.05) is 0 Å². The molecule has 0 amide bonds. The lowest BCUT2D eigenvalue weighted by Gasteiger charge is -2.06. The molecule has 0 spiro atoms. The normalized spacial score (nSPS) is 10.3. The van der Waals surface area contributed by atoms with Crippen LogP contribution in [0.1, 0.15) is 23.2 Å². The molecule has 1 aromatic rings. The van der Waals surface area contributed by atoms with Gasteiger partial charge in [-0.05, 0) is 11.6 Å². The van der Waals surface area contributed by atoms with Gasteiger partial charge in [-0.1, -0.05) is 0 Å². The van der Waals surface area contributed by atoms with Crippen LogP contribution in [0.3, 0.4) is 0 Å². The van der Waals surface area contributed by atoms with Crippen molar-refractivity contribution >= 4 is 0 Å². The maximum absolute atomic E-state index is 12.8. The summed E-state index contributed by atoms with van der Waals surface area (Å²) in [6.07, 6.45) is -2.89. The van der Waals surface area contributed by atoms with E-state index in [0.29, 0.717) is 0 Å². The summed E-state index contributed by atoms with van der Waals surface area (Å²) in [5.41, 5.74) is 4.06. The smallest absolute Gasteiger partial charge is 0.280 e. The van der Waals surface area contributed by atoms with Crippen molar-refractivity contribution in [3.05, 3.63) is 28.8 Å². The molecule has 0 saturated carbocycles. The van der Waals surface area contributed by atoms with Gasteiger partial charge in [0, 0.05) is 6.54 Å². The van der Waals surface area contributed by atoms with E-state index in [-0.39, 0.29) is 17.7 Å². The number of nitrogens with zero attached hydrogens (tertiary/aromatic N) is 2. The number of alkyl halides is 2. The number of hydrogen-bond acceptors (Lipinski definition) is 3. The highest BCUT2D eigenvalue weighted by Crippen LogP contribution is 2.22. The zero-order chi connectivity index (χ0) is 10.7. The lowest BCUT2D eigenvalue weighted by atomic mass is 10.1. The van der Waals surface area contributed by atoms with Crippen LogP contribution in [0, 0.1) is 17.3 Å². The number of pyridine rings is 1. The third-order valence-electron chi connectivity index (χ3n) is 1.64. The summed E-state index contributed by atoms with van der Waals surface area (Å²) in [6.45, 7) is -0.207. The molecule has 6 heteroatoms. The van der Waals surface area contributed by atoms with Crippen LogP contribution in [0.5, 0.6) is 0 Å². The maximum Gasteiger partial charge on any atom is 0.280 e. The minimum atomic E-state index is -2.89. The Labute approximate surface area is 78.0 Å². The molecule has 1 aromatic heterocycles. The van der Waals surface area contributed by atoms with Gasteiger partial charge in [-0.3, -0.25) is 0 Å². The highest BCUT2D eigenvalue weighted by atomic mass is 19.3. The molecule has 0 radical (unpaired) electrons. The molecule has 0 aliphatic rings. The van der Waals surface area contributed by atoms with Gasteiger partial charge in [0.2, 0.25) is 5.95 Å². The fraction of sp³-hybridized carbons (Fsp3) is 0.250. The first-order valence-corrected chi connectivity index (χ1v) is 3.67. The van der Waals surface area contributed by atoms with E-state index in [2.05, 4.69) is 4.98 Å². The summed E-state index contributed by atoms with van der Waals surface area (Å²) in [5, 5.41) is 8.41. The summed E-state index contributed by atoms with van der Waals surface area (Å²) in [4.78, 5) is 3.00. The molecule has 0 saturated heterocycles. The van der Waals surface area contributed by atoms with Crippen molar-refractivity contribution in [3.63, 3.8) is 0 Å². The Bertz CT molecular complexity index is 384. The Kier molecular flexibility index (Phi) is 3.04. The van der Waals surface area contributed by atoms with E-state index in [0.717, 1.165) is 6.07 Å². The Morgan fingerprint density at radius 1 is 1.57 bits per heavy atom. The van der Waals surface area contributed by atoms with Gasteiger partial charge >= 0.3 is 0 Å². The second-order valence-corrected chi connectivity index (χ2v) is 2.49. The Hall–Kier alpha value is -1.61. The number of nitrogens with two attached hydrogens (primary N) is 1. The minimum absolute atomic E-state index is 0.0158. The molecule has 1 heterocycles. The average Bonchev–Trinajstić information content (AvgIpc) is 2.17. The highest BCUT2D eigenvalue weighted by molar-refractivity contribution is 5.34. The number of aromatic nitrogens is 1. The van der Waals surface area contributed by atoms with Crippen LogP contribution in [0.25, 0.3) is 0 Å². The Balaban J connectivity index is 3.33. The summed E-state index contributed by atoms with van der Waals surface area (Å²) in [6, 6.07) is 2.49. The number of rotatable bonds is 2. The van der Waals surface area contributed by atoms with Crippen LogP contribution in [0.2, 0.25) is 0 Å². The fourth-order valence-electron chi connectivity index (χ4n) is 0.976. The molecule has 74 valence electrons. The van der Waals surface area contributed by atoms with Crippen molar-refractivity contribution in [3.8, 4) is 6.07 Å². The molecule has 0 aromatic carbocycles. The molecule has 0 atom stereocenters. The monoisotopic (exact) mass is 201 g/mol. The Morgan fingerprint density at radius 2 is 2.21 bits per heavy atom. The van der Waals surface area contributed by atoms with Gasteiger partial charge in [0.15, 0.2) is 0 Å². The fourth-order valence-corrected chi connectivity index (χ4v) is 0.976. The molecule has 1 rings (SSSR count). The maximum atomic E-state index is 12.8. The van der Waals surface area contributed by atoms with Crippen LogP contribution in [0.4, 0.5) is 13.2 Å². The van der Waals surface area contributed by atoms with Gasteiger partial charge in [-0.2, -0.15) is 9.65 Å². The van der Waals surface area contributed by atoms with Crippen molar-refractivity contribution < 1.29 is 13.2 Å². The molecule has 0 aliphatic carbocycles. The zero-order valence-corrected chi connectivity index (χ0v) is 6.97. The summed E-state index contributed by atoms with van der Waals surface area (Å²) >= 11 is 0. The molecule has 0 bridgehead atoms. The molecular formula is C8H6F3N3. The molecule has 0 aliphatic heterocycles. The predicted molar refractivity (Wildman–Crippen MR) is 41.8 cm³/mol. The first kappa shape index (κ1) is 10.5. The van der Waals surface area contributed by atoms with Crippen LogP contribution in [-0.2, 0) is 6.54 Å². The minimum Gasteiger partial charge on any atom is -0.326 e. The molecule has 14 heavy (non-hydrogen) atoms. The van der Waals surface area contributed by atoms with E-state index < -0.39 is 18.1 Å². The van der Waals surface area contributed by atoms with Gasteiger partial charge in [-0.25, -0.2) is 13.8 Å². The largest absolute Gasteiger partial charge is 0.326 e. The van der Waals surface area contributed by atoms with E-state index >= 15 is 0 Å². The van der Waals surface area contributed by atoms with Gasteiger partial charge < -0.3 is 5.73 Å². The van der Waals surface area contributed by atoms with E-state index in [4.69, 9.17) is 11.0 Å². The average molecular weight is 201 g/mol. The van der Waals surface area contributed by atoms with Crippen molar-refractivity contribution in [2.24, 2.45) is 5.73 Å². The van der Waals surface area contributed by atoms with E-state index in [1.54, 1.807) is 0 Å². The van der Waals surface area contributed by atoms with Crippen LogP contribution < -0.4 is 5.73 Å².